The molecule has 0 bridgehead atoms. The quantitative estimate of drug-likeness (QED) is 0.346. The van der Waals surface area contributed by atoms with Crippen molar-refractivity contribution >= 4 is 63.7 Å². The Hall–Kier alpha value is -1.73. The number of rotatable bonds is 6. The van der Waals surface area contributed by atoms with Crippen LogP contribution in [0.2, 0.25) is 0 Å². The van der Waals surface area contributed by atoms with Crippen molar-refractivity contribution < 1.29 is 9.53 Å². The summed E-state index contributed by atoms with van der Waals surface area (Å²) in [5, 5.41) is 8.58. The van der Waals surface area contributed by atoms with Crippen molar-refractivity contribution in [2.45, 2.75) is 16.9 Å². The normalized spacial score (nSPS) is 12.0. The number of halogens is 3. The summed E-state index contributed by atoms with van der Waals surface area (Å²) < 4.78 is 3.56. The molecule has 0 aliphatic carbocycles. The van der Waals surface area contributed by atoms with Crippen LogP contribution in [0.1, 0.15) is 17.3 Å². The molecule has 0 unspecified atom stereocenters. The first-order valence-corrected chi connectivity index (χ1v) is 9.57. The fourth-order valence-corrected chi connectivity index (χ4v) is 2.67. The lowest BCUT2D eigenvalue weighted by molar-refractivity contribution is 0.0934. The molecule has 0 fully saturated rings. The SMILES string of the molecule is CCOc1ccc(NC(=S)N[C@H](NC(=O)c2ccccc2)C(Cl)(Cl)Cl)cc1. The minimum absolute atomic E-state index is 0.184. The maximum absolute atomic E-state index is 12.3. The lowest BCUT2D eigenvalue weighted by Gasteiger charge is -2.27. The number of thiocarbonyl (C=S) groups is 1. The fourth-order valence-electron chi connectivity index (χ4n) is 2.10. The Morgan fingerprint density at radius 3 is 2.26 bits per heavy atom. The summed E-state index contributed by atoms with van der Waals surface area (Å²) in [4.78, 5) is 12.3. The van der Waals surface area contributed by atoms with Crippen LogP contribution >= 0.6 is 47.0 Å². The van der Waals surface area contributed by atoms with E-state index < -0.39 is 15.9 Å². The lowest BCUT2D eigenvalue weighted by Crippen LogP contribution is -2.56. The summed E-state index contributed by atoms with van der Waals surface area (Å²) in [5.41, 5.74) is 1.15. The number of hydrogen-bond acceptors (Lipinski definition) is 3. The predicted molar refractivity (Wildman–Crippen MR) is 115 cm³/mol. The van der Waals surface area contributed by atoms with Gasteiger partial charge in [0.25, 0.3) is 5.91 Å². The van der Waals surface area contributed by atoms with Gasteiger partial charge in [-0.3, -0.25) is 4.79 Å². The van der Waals surface area contributed by atoms with Crippen molar-refractivity contribution in [1.29, 1.82) is 0 Å². The van der Waals surface area contributed by atoms with E-state index in [1.54, 1.807) is 54.6 Å². The van der Waals surface area contributed by atoms with Crippen molar-refractivity contribution in [1.82, 2.24) is 10.6 Å². The third kappa shape index (κ3) is 7.07. The fraction of sp³-hybridized carbons (Fsp3) is 0.222. The van der Waals surface area contributed by atoms with E-state index in [4.69, 9.17) is 51.8 Å². The molecule has 0 aliphatic heterocycles. The number of carbonyl (C=O) groups is 1. The average molecular weight is 447 g/mol. The molecule has 2 rings (SSSR count). The molecule has 5 nitrogen and oxygen atoms in total. The number of anilines is 1. The standard InChI is InChI=1S/C18H18Cl3N3O2S/c1-2-26-14-10-8-13(9-11-14)22-17(27)24-16(18(19,20)21)23-15(25)12-6-4-3-5-7-12/h3-11,16H,2H2,1H3,(H,23,25)(H2,22,24,27)/t16-/m0/s1. The van der Waals surface area contributed by atoms with E-state index in [0.717, 1.165) is 5.75 Å². The Labute approximate surface area is 178 Å². The van der Waals surface area contributed by atoms with Gasteiger partial charge in [-0.2, -0.15) is 0 Å². The van der Waals surface area contributed by atoms with Crippen LogP contribution in [-0.2, 0) is 0 Å². The highest BCUT2D eigenvalue weighted by Crippen LogP contribution is 2.29. The van der Waals surface area contributed by atoms with Gasteiger partial charge in [-0.1, -0.05) is 53.0 Å². The third-order valence-corrected chi connectivity index (χ3v) is 4.21. The zero-order valence-corrected chi connectivity index (χ0v) is 17.4. The monoisotopic (exact) mass is 445 g/mol. The Balaban J connectivity index is 2.00. The van der Waals surface area contributed by atoms with Crippen molar-refractivity contribution in [3.63, 3.8) is 0 Å². The van der Waals surface area contributed by atoms with Gasteiger partial charge in [0, 0.05) is 11.3 Å². The Kier molecular flexibility index (Phi) is 7.98. The van der Waals surface area contributed by atoms with Gasteiger partial charge >= 0.3 is 0 Å². The molecule has 27 heavy (non-hydrogen) atoms. The second-order valence-corrected chi connectivity index (χ2v) is 8.15. The van der Waals surface area contributed by atoms with Gasteiger partial charge in [0.1, 0.15) is 11.9 Å². The molecule has 0 saturated heterocycles. The van der Waals surface area contributed by atoms with Crippen LogP contribution in [0.3, 0.4) is 0 Å². The number of alkyl halides is 3. The zero-order valence-electron chi connectivity index (χ0n) is 14.3. The molecule has 0 aromatic heterocycles. The van der Waals surface area contributed by atoms with E-state index in [0.29, 0.717) is 17.9 Å². The molecule has 3 N–H and O–H groups in total. The van der Waals surface area contributed by atoms with Crippen LogP contribution in [0, 0.1) is 0 Å². The Bertz CT molecular complexity index is 768. The van der Waals surface area contributed by atoms with Crippen LogP contribution < -0.4 is 20.7 Å². The summed E-state index contributed by atoms with van der Waals surface area (Å²) in [6, 6.07) is 15.8. The molecule has 1 amide bonds. The molecule has 144 valence electrons. The smallest absolute Gasteiger partial charge is 0.252 e. The van der Waals surface area contributed by atoms with Gasteiger partial charge in [-0.15, -0.1) is 0 Å². The Morgan fingerprint density at radius 1 is 1.07 bits per heavy atom. The molecule has 2 aromatic carbocycles. The highest BCUT2D eigenvalue weighted by molar-refractivity contribution is 7.80. The van der Waals surface area contributed by atoms with Crippen molar-refractivity contribution in [2.75, 3.05) is 11.9 Å². The molecule has 9 heteroatoms. The topological polar surface area (TPSA) is 62.4 Å². The summed E-state index contributed by atoms with van der Waals surface area (Å²) in [7, 11) is 0. The van der Waals surface area contributed by atoms with Gasteiger partial charge in [0.05, 0.1) is 6.61 Å². The van der Waals surface area contributed by atoms with Gasteiger partial charge in [0.15, 0.2) is 5.11 Å². The van der Waals surface area contributed by atoms with E-state index >= 15 is 0 Å². The maximum atomic E-state index is 12.3. The maximum Gasteiger partial charge on any atom is 0.252 e. The number of amides is 1. The van der Waals surface area contributed by atoms with Crippen LogP contribution in [0.15, 0.2) is 54.6 Å². The molecule has 0 saturated carbocycles. The molecule has 0 aliphatic rings. The first-order chi connectivity index (χ1) is 12.8. The number of benzene rings is 2. The predicted octanol–water partition coefficient (Wildman–Crippen LogP) is 4.50. The number of nitrogens with one attached hydrogen (secondary N) is 3. The van der Waals surface area contributed by atoms with Gasteiger partial charge in [-0.05, 0) is 55.5 Å². The molecule has 2 aromatic rings. The highest BCUT2D eigenvalue weighted by atomic mass is 35.6. The number of ether oxygens (including phenoxy) is 1. The van der Waals surface area contributed by atoms with Crippen LogP contribution in [0.5, 0.6) is 5.75 Å². The van der Waals surface area contributed by atoms with E-state index in [1.807, 2.05) is 6.92 Å². The zero-order chi connectivity index (χ0) is 19.9. The first kappa shape index (κ1) is 21.6. The van der Waals surface area contributed by atoms with E-state index in [1.165, 1.54) is 0 Å². The molecule has 0 spiro atoms. The van der Waals surface area contributed by atoms with Crippen LogP contribution in [0.25, 0.3) is 0 Å². The van der Waals surface area contributed by atoms with Crippen molar-refractivity contribution in [2.24, 2.45) is 0 Å². The van der Waals surface area contributed by atoms with E-state index in [2.05, 4.69) is 16.0 Å². The lowest BCUT2D eigenvalue weighted by atomic mass is 10.2. The number of hydrogen-bond donors (Lipinski definition) is 3. The largest absolute Gasteiger partial charge is 0.494 e. The molecule has 0 radical (unpaired) electrons. The van der Waals surface area contributed by atoms with Crippen molar-refractivity contribution in [3.05, 3.63) is 60.2 Å². The average Bonchev–Trinajstić information content (AvgIpc) is 2.63. The first-order valence-electron chi connectivity index (χ1n) is 8.02. The minimum Gasteiger partial charge on any atom is -0.494 e. The summed E-state index contributed by atoms with van der Waals surface area (Å²) in [5.74, 6) is 0.347. The summed E-state index contributed by atoms with van der Waals surface area (Å²) in [6.45, 7) is 2.49. The highest BCUT2D eigenvalue weighted by Gasteiger charge is 2.34. The third-order valence-electron chi connectivity index (χ3n) is 3.34. The molecule has 0 heterocycles. The second-order valence-electron chi connectivity index (χ2n) is 5.37. The second kappa shape index (κ2) is 9.99. The minimum atomic E-state index is -1.82. The summed E-state index contributed by atoms with van der Waals surface area (Å²) >= 11 is 23.2. The van der Waals surface area contributed by atoms with E-state index in [9.17, 15) is 4.79 Å². The van der Waals surface area contributed by atoms with Gasteiger partial charge in [-0.25, -0.2) is 0 Å². The van der Waals surface area contributed by atoms with Gasteiger partial charge < -0.3 is 20.7 Å². The summed E-state index contributed by atoms with van der Waals surface area (Å²) in [6.07, 6.45) is -1.04. The van der Waals surface area contributed by atoms with E-state index in [-0.39, 0.29) is 5.11 Å². The molecular weight excluding hydrogens is 429 g/mol. The Morgan fingerprint density at radius 2 is 1.70 bits per heavy atom. The molecular formula is C18H18Cl3N3O2S. The van der Waals surface area contributed by atoms with Crippen molar-refractivity contribution in [3.8, 4) is 5.75 Å². The van der Waals surface area contributed by atoms with Crippen LogP contribution in [0.4, 0.5) is 5.69 Å². The van der Waals surface area contributed by atoms with Gasteiger partial charge in [0.2, 0.25) is 3.79 Å². The number of carbonyl (C=O) groups excluding carboxylic acids is 1. The van der Waals surface area contributed by atoms with Crippen LogP contribution in [-0.4, -0.2) is 27.6 Å². The molecule has 1 atom stereocenters.